The molecule has 1 N–H and O–H groups in total. The van der Waals surface area contributed by atoms with E-state index in [1.165, 1.54) is 12.8 Å². The molecule has 1 rings (SSSR count). The molecule has 0 aromatic heterocycles. The van der Waals surface area contributed by atoms with Crippen LogP contribution in [0.4, 0.5) is 0 Å². The maximum absolute atomic E-state index is 11.1. The van der Waals surface area contributed by atoms with Crippen molar-refractivity contribution in [2.24, 2.45) is 11.8 Å². The van der Waals surface area contributed by atoms with Crippen LogP contribution in [0.15, 0.2) is 12.2 Å². The standard InChI is InChI=1S/C12H20O2/c1-2-3-4-9-11(12(13)14)10-7-5-6-8-10/h2-3,10-11H,4-9H2,1H3,(H,13,14). The van der Waals surface area contributed by atoms with E-state index in [1.54, 1.807) is 0 Å². The molecule has 2 heteroatoms. The van der Waals surface area contributed by atoms with Gasteiger partial charge < -0.3 is 5.11 Å². The molecule has 0 bridgehead atoms. The molecular weight excluding hydrogens is 176 g/mol. The molecule has 2 nitrogen and oxygen atoms in total. The van der Waals surface area contributed by atoms with Crippen molar-refractivity contribution in [3.63, 3.8) is 0 Å². The highest BCUT2D eigenvalue weighted by Crippen LogP contribution is 2.33. The molecule has 0 amide bonds. The maximum Gasteiger partial charge on any atom is 0.306 e. The van der Waals surface area contributed by atoms with Gasteiger partial charge in [0.25, 0.3) is 0 Å². The van der Waals surface area contributed by atoms with E-state index in [2.05, 4.69) is 6.08 Å². The van der Waals surface area contributed by atoms with Gasteiger partial charge in [-0.2, -0.15) is 0 Å². The van der Waals surface area contributed by atoms with Crippen LogP contribution in [0.5, 0.6) is 0 Å². The van der Waals surface area contributed by atoms with Gasteiger partial charge in [0.2, 0.25) is 0 Å². The zero-order chi connectivity index (χ0) is 10.4. The normalized spacial score (nSPS) is 20.4. The molecule has 1 aliphatic rings. The number of allylic oxidation sites excluding steroid dienone is 2. The monoisotopic (exact) mass is 196 g/mol. The zero-order valence-corrected chi connectivity index (χ0v) is 8.91. The molecule has 0 saturated heterocycles. The Morgan fingerprint density at radius 3 is 2.64 bits per heavy atom. The molecule has 0 aromatic rings. The summed E-state index contributed by atoms with van der Waals surface area (Å²) in [4.78, 5) is 11.1. The van der Waals surface area contributed by atoms with Crippen molar-refractivity contribution in [2.45, 2.75) is 45.4 Å². The molecule has 0 spiro atoms. The van der Waals surface area contributed by atoms with Gasteiger partial charge in [-0.25, -0.2) is 0 Å². The third-order valence-corrected chi connectivity index (χ3v) is 3.17. The van der Waals surface area contributed by atoms with Crippen molar-refractivity contribution in [2.75, 3.05) is 0 Å². The lowest BCUT2D eigenvalue weighted by molar-refractivity contribution is -0.143. The molecule has 1 fully saturated rings. The Kier molecular flexibility index (Phi) is 4.71. The summed E-state index contributed by atoms with van der Waals surface area (Å²) in [6.07, 6.45) is 10.4. The van der Waals surface area contributed by atoms with Gasteiger partial charge in [0.1, 0.15) is 0 Å². The zero-order valence-electron chi connectivity index (χ0n) is 8.91. The quantitative estimate of drug-likeness (QED) is 0.685. The maximum atomic E-state index is 11.1. The lowest BCUT2D eigenvalue weighted by Crippen LogP contribution is -2.21. The molecule has 0 aromatic carbocycles. The van der Waals surface area contributed by atoms with E-state index in [1.807, 2.05) is 13.0 Å². The van der Waals surface area contributed by atoms with Gasteiger partial charge in [-0.3, -0.25) is 4.79 Å². The van der Waals surface area contributed by atoms with Crippen molar-refractivity contribution < 1.29 is 9.90 Å². The van der Waals surface area contributed by atoms with Crippen LogP contribution < -0.4 is 0 Å². The Hall–Kier alpha value is -0.790. The van der Waals surface area contributed by atoms with Gasteiger partial charge in [-0.1, -0.05) is 25.0 Å². The van der Waals surface area contributed by atoms with Crippen molar-refractivity contribution in [3.05, 3.63) is 12.2 Å². The van der Waals surface area contributed by atoms with Crippen molar-refractivity contribution in [3.8, 4) is 0 Å². The number of rotatable bonds is 5. The molecule has 0 aliphatic heterocycles. The largest absolute Gasteiger partial charge is 0.481 e. The molecule has 1 saturated carbocycles. The third kappa shape index (κ3) is 3.17. The van der Waals surface area contributed by atoms with Gasteiger partial charge in [-0.05, 0) is 38.5 Å². The number of carboxylic acid groups (broad SMARTS) is 1. The van der Waals surface area contributed by atoms with Gasteiger partial charge >= 0.3 is 5.97 Å². The summed E-state index contributed by atoms with van der Waals surface area (Å²) < 4.78 is 0. The van der Waals surface area contributed by atoms with Crippen molar-refractivity contribution >= 4 is 5.97 Å². The Morgan fingerprint density at radius 1 is 1.50 bits per heavy atom. The summed E-state index contributed by atoms with van der Waals surface area (Å²) in [6, 6.07) is 0. The second kappa shape index (κ2) is 5.84. The third-order valence-electron chi connectivity index (χ3n) is 3.17. The molecule has 1 aliphatic carbocycles. The SMILES string of the molecule is CC=CCCC(C(=O)O)C1CCCC1. The van der Waals surface area contributed by atoms with Crippen molar-refractivity contribution in [1.82, 2.24) is 0 Å². The predicted octanol–water partition coefficient (Wildman–Crippen LogP) is 3.23. The topological polar surface area (TPSA) is 37.3 Å². The van der Waals surface area contributed by atoms with Crippen LogP contribution in [-0.2, 0) is 4.79 Å². The van der Waals surface area contributed by atoms with Crippen LogP contribution in [0.25, 0.3) is 0 Å². The highest BCUT2D eigenvalue weighted by atomic mass is 16.4. The molecule has 14 heavy (non-hydrogen) atoms. The summed E-state index contributed by atoms with van der Waals surface area (Å²) in [7, 11) is 0. The number of hydrogen-bond acceptors (Lipinski definition) is 1. The van der Waals surface area contributed by atoms with Crippen LogP contribution in [0.2, 0.25) is 0 Å². The van der Waals surface area contributed by atoms with Crippen LogP contribution in [-0.4, -0.2) is 11.1 Å². The second-order valence-corrected chi connectivity index (χ2v) is 4.14. The minimum Gasteiger partial charge on any atom is -0.481 e. The van der Waals surface area contributed by atoms with E-state index in [9.17, 15) is 4.79 Å². The number of hydrogen-bond donors (Lipinski definition) is 1. The molecule has 1 unspecified atom stereocenters. The minimum atomic E-state index is -0.596. The van der Waals surface area contributed by atoms with E-state index in [-0.39, 0.29) is 5.92 Å². The summed E-state index contributed by atoms with van der Waals surface area (Å²) in [5, 5.41) is 9.11. The number of carbonyl (C=O) groups is 1. The molecule has 80 valence electrons. The lowest BCUT2D eigenvalue weighted by atomic mass is 9.87. The Morgan fingerprint density at radius 2 is 2.14 bits per heavy atom. The van der Waals surface area contributed by atoms with Gasteiger partial charge in [0.05, 0.1) is 5.92 Å². The first-order valence-corrected chi connectivity index (χ1v) is 5.59. The van der Waals surface area contributed by atoms with E-state index < -0.39 is 5.97 Å². The highest BCUT2D eigenvalue weighted by Gasteiger charge is 2.29. The van der Waals surface area contributed by atoms with Crippen LogP contribution in [0, 0.1) is 11.8 Å². The summed E-state index contributed by atoms with van der Waals surface area (Å²) in [6.45, 7) is 1.98. The average molecular weight is 196 g/mol. The highest BCUT2D eigenvalue weighted by molar-refractivity contribution is 5.70. The van der Waals surface area contributed by atoms with E-state index in [4.69, 9.17) is 5.11 Å². The van der Waals surface area contributed by atoms with Crippen LogP contribution in [0.3, 0.4) is 0 Å². The Balaban J connectivity index is 2.41. The predicted molar refractivity (Wildman–Crippen MR) is 57.1 cm³/mol. The number of aliphatic carboxylic acids is 1. The molecule has 0 radical (unpaired) electrons. The van der Waals surface area contributed by atoms with Gasteiger partial charge in [-0.15, -0.1) is 0 Å². The second-order valence-electron chi connectivity index (χ2n) is 4.14. The minimum absolute atomic E-state index is 0.103. The van der Waals surface area contributed by atoms with Gasteiger partial charge in [0.15, 0.2) is 0 Å². The van der Waals surface area contributed by atoms with Crippen LogP contribution in [0.1, 0.15) is 45.4 Å². The number of carboxylic acids is 1. The van der Waals surface area contributed by atoms with Gasteiger partial charge in [0, 0.05) is 0 Å². The first-order chi connectivity index (χ1) is 6.75. The fourth-order valence-electron chi connectivity index (χ4n) is 2.36. The Bertz CT molecular complexity index is 202. The lowest BCUT2D eigenvalue weighted by Gasteiger charge is -2.18. The molecular formula is C12H20O2. The summed E-state index contributed by atoms with van der Waals surface area (Å²) in [5.74, 6) is -0.257. The van der Waals surface area contributed by atoms with E-state index in [0.29, 0.717) is 5.92 Å². The van der Waals surface area contributed by atoms with Crippen LogP contribution >= 0.6 is 0 Å². The van der Waals surface area contributed by atoms with E-state index in [0.717, 1.165) is 25.7 Å². The van der Waals surface area contributed by atoms with E-state index >= 15 is 0 Å². The summed E-state index contributed by atoms with van der Waals surface area (Å²) in [5.41, 5.74) is 0. The molecule has 1 atom stereocenters. The van der Waals surface area contributed by atoms with Crippen molar-refractivity contribution in [1.29, 1.82) is 0 Å². The first-order valence-electron chi connectivity index (χ1n) is 5.59. The fraction of sp³-hybridized carbons (Fsp3) is 0.750. The molecule has 0 heterocycles. The average Bonchev–Trinajstić information content (AvgIpc) is 2.64. The smallest absolute Gasteiger partial charge is 0.306 e. The first kappa shape index (κ1) is 11.3. The fourth-order valence-corrected chi connectivity index (χ4v) is 2.36. The summed E-state index contributed by atoms with van der Waals surface area (Å²) >= 11 is 0. The Labute approximate surface area is 86.0 Å².